The zero-order valence-electron chi connectivity index (χ0n) is 11.9. The minimum Gasteiger partial charge on any atom is -0.368 e. The van der Waals surface area contributed by atoms with Crippen LogP contribution in [0.1, 0.15) is 46.5 Å². The fourth-order valence-corrected chi connectivity index (χ4v) is 1.87. The highest BCUT2D eigenvalue weighted by Crippen LogP contribution is 2.07. The molecule has 17 heavy (non-hydrogen) atoms. The molecule has 0 aliphatic rings. The maximum absolute atomic E-state index is 11.5. The van der Waals surface area contributed by atoms with E-state index in [1.54, 1.807) is 0 Å². The minimum atomic E-state index is -0.614. The van der Waals surface area contributed by atoms with E-state index in [1.807, 2.05) is 14.0 Å². The number of primary amides is 1. The number of unbranched alkanes of at least 4 members (excludes halogenated alkanes) is 2. The SMILES string of the molecule is CCCCCN(C)CC(C)(NCCC)C(N)=O. The monoisotopic (exact) mass is 243 g/mol. The molecule has 1 atom stereocenters. The zero-order chi connectivity index (χ0) is 13.3. The molecular formula is C13H29N3O. The van der Waals surface area contributed by atoms with Gasteiger partial charge in [-0.15, -0.1) is 0 Å². The third-order valence-corrected chi connectivity index (χ3v) is 3.04. The second kappa shape index (κ2) is 8.48. The highest BCUT2D eigenvalue weighted by molar-refractivity contribution is 5.84. The summed E-state index contributed by atoms with van der Waals surface area (Å²) >= 11 is 0. The number of hydrogen-bond donors (Lipinski definition) is 2. The summed E-state index contributed by atoms with van der Waals surface area (Å²) in [7, 11) is 2.05. The largest absolute Gasteiger partial charge is 0.368 e. The van der Waals surface area contributed by atoms with Crippen molar-refractivity contribution in [1.29, 1.82) is 0 Å². The number of carbonyl (C=O) groups is 1. The molecule has 0 aliphatic carbocycles. The van der Waals surface area contributed by atoms with Gasteiger partial charge in [0, 0.05) is 6.54 Å². The number of carbonyl (C=O) groups excluding carboxylic acids is 1. The van der Waals surface area contributed by atoms with E-state index in [9.17, 15) is 4.79 Å². The topological polar surface area (TPSA) is 58.4 Å². The molecule has 0 aliphatic heterocycles. The summed E-state index contributed by atoms with van der Waals surface area (Å²) in [5.41, 5.74) is 4.87. The predicted molar refractivity (Wildman–Crippen MR) is 72.9 cm³/mol. The van der Waals surface area contributed by atoms with Gasteiger partial charge in [-0.05, 0) is 39.9 Å². The Morgan fingerprint density at radius 3 is 2.41 bits per heavy atom. The van der Waals surface area contributed by atoms with Crippen LogP contribution in [-0.4, -0.2) is 43.0 Å². The molecule has 1 amide bonds. The van der Waals surface area contributed by atoms with Crippen molar-refractivity contribution in [2.24, 2.45) is 5.73 Å². The average Bonchev–Trinajstić information content (AvgIpc) is 2.26. The smallest absolute Gasteiger partial charge is 0.238 e. The summed E-state index contributed by atoms with van der Waals surface area (Å²) in [5, 5.41) is 3.25. The van der Waals surface area contributed by atoms with Gasteiger partial charge in [0.05, 0.1) is 0 Å². The molecular weight excluding hydrogens is 214 g/mol. The first-order valence-electron chi connectivity index (χ1n) is 6.69. The molecule has 0 saturated carbocycles. The molecule has 0 bridgehead atoms. The highest BCUT2D eigenvalue weighted by Gasteiger charge is 2.31. The van der Waals surface area contributed by atoms with Crippen LogP contribution in [0.15, 0.2) is 0 Å². The van der Waals surface area contributed by atoms with Gasteiger partial charge in [-0.1, -0.05) is 26.7 Å². The standard InChI is InChI=1S/C13H29N3O/c1-5-7-8-10-16(4)11-13(3,12(14)17)15-9-6-2/h15H,5-11H2,1-4H3,(H2,14,17). The summed E-state index contributed by atoms with van der Waals surface area (Å²) in [6.45, 7) is 8.68. The molecule has 0 aromatic heterocycles. The molecule has 0 spiro atoms. The summed E-state index contributed by atoms with van der Waals surface area (Å²) in [6, 6.07) is 0. The lowest BCUT2D eigenvalue weighted by Crippen LogP contribution is -2.59. The quantitative estimate of drug-likeness (QED) is 0.569. The van der Waals surface area contributed by atoms with Gasteiger partial charge in [-0.2, -0.15) is 0 Å². The Morgan fingerprint density at radius 1 is 1.29 bits per heavy atom. The summed E-state index contributed by atoms with van der Waals surface area (Å²) in [5.74, 6) is -0.270. The van der Waals surface area contributed by atoms with Gasteiger partial charge in [0.15, 0.2) is 0 Å². The van der Waals surface area contributed by atoms with Crippen LogP contribution in [0, 0.1) is 0 Å². The van der Waals surface area contributed by atoms with Crippen molar-refractivity contribution in [3.63, 3.8) is 0 Å². The lowest BCUT2D eigenvalue weighted by molar-refractivity contribution is -0.124. The second-order valence-corrected chi connectivity index (χ2v) is 5.07. The molecule has 1 unspecified atom stereocenters. The average molecular weight is 243 g/mol. The van der Waals surface area contributed by atoms with Gasteiger partial charge >= 0.3 is 0 Å². The second-order valence-electron chi connectivity index (χ2n) is 5.07. The molecule has 102 valence electrons. The van der Waals surface area contributed by atoms with E-state index in [-0.39, 0.29) is 5.91 Å². The predicted octanol–water partition coefficient (Wildman–Crippen LogP) is 1.35. The minimum absolute atomic E-state index is 0.270. The van der Waals surface area contributed by atoms with Gasteiger partial charge < -0.3 is 16.0 Å². The van der Waals surface area contributed by atoms with E-state index in [0.717, 1.165) is 19.5 Å². The van der Waals surface area contributed by atoms with Crippen LogP contribution >= 0.6 is 0 Å². The normalized spacial score (nSPS) is 14.9. The maximum atomic E-state index is 11.5. The van der Waals surface area contributed by atoms with E-state index in [4.69, 9.17) is 5.73 Å². The van der Waals surface area contributed by atoms with Crippen LogP contribution in [0.2, 0.25) is 0 Å². The zero-order valence-corrected chi connectivity index (χ0v) is 11.9. The Morgan fingerprint density at radius 2 is 1.94 bits per heavy atom. The van der Waals surface area contributed by atoms with E-state index < -0.39 is 5.54 Å². The first-order valence-corrected chi connectivity index (χ1v) is 6.69. The van der Waals surface area contributed by atoms with E-state index >= 15 is 0 Å². The molecule has 0 saturated heterocycles. The van der Waals surface area contributed by atoms with Crippen LogP contribution in [0.5, 0.6) is 0 Å². The van der Waals surface area contributed by atoms with Crippen molar-refractivity contribution in [3.05, 3.63) is 0 Å². The molecule has 4 nitrogen and oxygen atoms in total. The Kier molecular flexibility index (Phi) is 8.17. The van der Waals surface area contributed by atoms with Gasteiger partial charge in [0.2, 0.25) is 5.91 Å². The first-order chi connectivity index (χ1) is 7.96. The molecule has 0 aromatic carbocycles. The third-order valence-electron chi connectivity index (χ3n) is 3.04. The van der Waals surface area contributed by atoms with Crippen molar-refractivity contribution in [3.8, 4) is 0 Å². The molecule has 0 radical (unpaired) electrons. The number of likely N-dealkylation sites (N-methyl/N-ethyl adjacent to an activating group) is 1. The van der Waals surface area contributed by atoms with Gasteiger partial charge in [-0.3, -0.25) is 4.79 Å². The van der Waals surface area contributed by atoms with Crippen molar-refractivity contribution >= 4 is 5.91 Å². The van der Waals surface area contributed by atoms with E-state index in [2.05, 4.69) is 24.1 Å². The molecule has 0 heterocycles. The lowest BCUT2D eigenvalue weighted by Gasteiger charge is -2.32. The highest BCUT2D eigenvalue weighted by atomic mass is 16.1. The number of nitrogens with zero attached hydrogens (tertiary/aromatic N) is 1. The fourth-order valence-electron chi connectivity index (χ4n) is 1.87. The first kappa shape index (κ1) is 16.4. The maximum Gasteiger partial charge on any atom is 0.238 e. The van der Waals surface area contributed by atoms with E-state index in [1.165, 1.54) is 19.3 Å². The molecule has 0 aromatic rings. The fraction of sp³-hybridized carbons (Fsp3) is 0.923. The Hall–Kier alpha value is -0.610. The number of nitrogens with one attached hydrogen (secondary N) is 1. The van der Waals surface area contributed by atoms with Crippen LogP contribution in [0.4, 0.5) is 0 Å². The molecule has 0 fully saturated rings. The number of hydrogen-bond acceptors (Lipinski definition) is 3. The van der Waals surface area contributed by atoms with Gasteiger partial charge in [-0.25, -0.2) is 0 Å². The summed E-state index contributed by atoms with van der Waals surface area (Å²) < 4.78 is 0. The van der Waals surface area contributed by atoms with Gasteiger partial charge in [0.1, 0.15) is 5.54 Å². The van der Waals surface area contributed by atoms with Gasteiger partial charge in [0.25, 0.3) is 0 Å². The summed E-state index contributed by atoms with van der Waals surface area (Å²) in [6.07, 6.45) is 4.63. The van der Waals surface area contributed by atoms with Crippen molar-refractivity contribution in [1.82, 2.24) is 10.2 Å². The third kappa shape index (κ3) is 6.64. The Labute approximate surface area is 106 Å². The lowest BCUT2D eigenvalue weighted by atomic mass is 10.0. The number of nitrogens with two attached hydrogens (primary N) is 1. The van der Waals surface area contributed by atoms with Crippen LogP contribution in [0.3, 0.4) is 0 Å². The van der Waals surface area contributed by atoms with Crippen molar-refractivity contribution < 1.29 is 4.79 Å². The number of amides is 1. The Balaban J connectivity index is 4.18. The number of rotatable bonds is 10. The van der Waals surface area contributed by atoms with Crippen LogP contribution in [-0.2, 0) is 4.79 Å². The Bertz CT molecular complexity index is 221. The van der Waals surface area contributed by atoms with Crippen LogP contribution < -0.4 is 11.1 Å². The molecule has 4 heteroatoms. The molecule has 0 rings (SSSR count). The molecule has 3 N–H and O–H groups in total. The van der Waals surface area contributed by atoms with E-state index in [0.29, 0.717) is 6.54 Å². The van der Waals surface area contributed by atoms with Crippen molar-refractivity contribution in [2.45, 2.75) is 52.0 Å². The summed E-state index contributed by atoms with van der Waals surface area (Å²) in [4.78, 5) is 13.7. The van der Waals surface area contributed by atoms with Crippen molar-refractivity contribution in [2.75, 3.05) is 26.7 Å². The van der Waals surface area contributed by atoms with Crippen LogP contribution in [0.25, 0.3) is 0 Å².